The molecule has 0 spiro atoms. The maximum atomic E-state index is 12.6. The van der Waals surface area contributed by atoms with Crippen LogP contribution in [0.4, 0.5) is 0 Å². The third-order valence-electron chi connectivity index (χ3n) is 4.99. The lowest BCUT2D eigenvalue weighted by Gasteiger charge is -2.39. The Hall–Kier alpha value is -1.24. The van der Waals surface area contributed by atoms with Gasteiger partial charge < -0.3 is 13.9 Å². The number of aromatic nitrogens is 1. The lowest BCUT2D eigenvalue weighted by atomic mass is 9.94. The average Bonchev–Trinajstić information content (AvgIpc) is 2.90. The van der Waals surface area contributed by atoms with E-state index >= 15 is 0 Å². The summed E-state index contributed by atoms with van der Waals surface area (Å²) in [7, 11) is -2.01. The van der Waals surface area contributed by atoms with Crippen LogP contribution in [-0.2, 0) is 18.7 Å². The molecule has 0 amide bonds. The van der Waals surface area contributed by atoms with Crippen LogP contribution in [0.1, 0.15) is 39.4 Å². The fourth-order valence-electron chi connectivity index (χ4n) is 2.63. The lowest BCUT2D eigenvalue weighted by molar-refractivity contribution is -0.152. The minimum absolute atomic E-state index is 0.0681. The first-order valence-electron chi connectivity index (χ1n) is 8.53. The van der Waals surface area contributed by atoms with Gasteiger partial charge in [0.2, 0.25) is 0 Å². The summed E-state index contributed by atoms with van der Waals surface area (Å²) in [5.41, 5.74) is 0.886. The van der Waals surface area contributed by atoms with E-state index in [1.54, 1.807) is 12.4 Å². The number of hydrogen-bond donors (Lipinski definition) is 0. The van der Waals surface area contributed by atoms with E-state index in [0.717, 1.165) is 5.56 Å². The van der Waals surface area contributed by atoms with Crippen molar-refractivity contribution in [1.82, 2.24) is 4.98 Å². The highest BCUT2D eigenvalue weighted by atomic mass is 28.4. The van der Waals surface area contributed by atoms with Gasteiger partial charge >= 0.3 is 5.97 Å². The number of hydrogen-bond acceptors (Lipinski definition) is 5. The van der Waals surface area contributed by atoms with Crippen LogP contribution >= 0.6 is 0 Å². The Balaban J connectivity index is 2.26. The molecule has 24 heavy (non-hydrogen) atoms. The fourth-order valence-corrected chi connectivity index (χ4v) is 3.95. The minimum atomic E-state index is -2.01. The van der Waals surface area contributed by atoms with Crippen molar-refractivity contribution in [2.45, 2.75) is 58.0 Å². The molecule has 0 aromatic carbocycles. The van der Waals surface area contributed by atoms with Gasteiger partial charge in [-0.15, -0.1) is 0 Å². The lowest BCUT2D eigenvalue weighted by Crippen LogP contribution is -2.47. The van der Waals surface area contributed by atoms with E-state index in [9.17, 15) is 4.79 Å². The van der Waals surface area contributed by atoms with Crippen LogP contribution in [0, 0.1) is 5.92 Å². The average molecular weight is 352 g/mol. The zero-order valence-electron chi connectivity index (χ0n) is 15.5. The molecule has 0 bridgehead atoms. The van der Waals surface area contributed by atoms with Crippen molar-refractivity contribution < 1.29 is 18.7 Å². The quantitative estimate of drug-likeness (QED) is 0.598. The first-order chi connectivity index (χ1) is 11.2. The first kappa shape index (κ1) is 19.1. The van der Waals surface area contributed by atoms with E-state index in [-0.39, 0.29) is 23.2 Å². The molecule has 3 unspecified atom stereocenters. The molecule has 0 aliphatic carbocycles. The molecule has 2 heterocycles. The van der Waals surface area contributed by atoms with Crippen molar-refractivity contribution in [3.05, 3.63) is 30.1 Å². The van der Waals surface area contributed by atoms with Crippen LogP contribution in [0.15, 0.2) is 24.5 Å². The molecule has 1 fully saturated rings. The first-order valence-corrected chi connectivity index (χ1v) is 11.4. The van der Waals surface area contributed by atoms with E-state index in [1.807, 2.05) is 19.1 Å². The zero-order chi connectivity index (χ0) is 18.0. The summed E-state index contributed by atoms with van der Waals surface area (Å²) in [6, 6.07) is 3.78. The predicted molar refractivity (Wildman–Crippen MR) is 95.1 cm³/mol. The van der Waals surface area contributed by atoms with Crippen LogP contribution in [-0.4, -0.2) is 38.6 Å². The largest absolute Gasteiger partial charge is 0.466 e. The van der Waals surface area contributed by atoms with E-state index in [2.05, 4.69) is 38.8 Å². The Morgan fingerprint density at radius 3 is 2.67 bits per heavy atom. The van der Waals surface area contributed by atoms with Gasteiger partial charge in [0.1, 0.15) is 5.92 Å². The third-order valence-corrected chi connectivity index (χ3v) is 9.50. The van der Waals surface area contributed by atoms with Crippen LogP contribution in [0.3, 0.4) is 0 Å². The summed E-state index contributed by atoms with van der Waals surface area (Å²) in [4.78, 5) is 16.7. The van der Waals surface area contributed by atoms with Gasteiger partial charge in [0.05, 0.1) is 25.4 Å². The molecule has 1 aromatic rings. The van der Waals surface area contributed by atoms with Gasteiger partial charge in [-0.3, -0.25) is 9.78 Å². The number of ether oxygens (including phenoxy) is 2. The molecule has 0 radical (unpaired) electrons. The van der Waals surface area contributed by atoms with Gasteiger partial charge in [-0.25, -0.2) is 0 Å². The SMILES string of the molecule is CCOC(=O)C1C(O[Si](C)(C)C(C)(C)C)COC1c1cccnc1. The number of pyridine rings is 1. The molecule has 5 nitrogen and oxygen atoms in total. The second-order valence-corrected chi connectivity index (χ2v) is 12.5. The highest BCUT2D eigenvalue weighted by molar-refractivity contribution is 6.74. The minimum Gasteiger partial charge on any atom is -0.466 e. The maximum Gasteiger partial charge on any atom is 0.314 e. The molecule has 1 saturated heterocycles. The predicted octanol–water partition coefficient (Wildman–Crippen LogP) is 3.72. The second kappa shape index (κ2) is 7.33. The van der Waals surface area contributed by atoms with Crippen LogP contribution in [0.2, 0.25) is 18.1 Å². The molecular formula is C18H29NO4Si. The molecule has 1 aliphatic rings. The van der Waals surface area contributed by atoms with E-state index in [1.165, 1.54) is 0 Å². The molecule has 3 atom stereocenters. The third kappa shape index (κ3) is 4.04. The van der Waals surface area contributed by atoms with Gasteiger partial charge in [0, 0.05) is 18.0 Å². The number of carbonyl (C=O) groups is 1. The normalized spacial score (nSPS) is 24.8. The Labute approximate surface area is 145 Å². The number of nitrogens with zero attached hydrogens (tertiary/aromatic N) is 1. The molecular weight excluding hydrogens is 322 g/mol. The van der Waals surface area contributed by atoms with Crippen molar-refractivity contribution >= 4 is 14.3 Å². The van der Waals surface area contributed by atoms with Gasteiger partial charge in [-0.05, 0) is 31.1 Å². The number of rotatable bonds is 5. The topological polar surface area (TPSA) is 57.7 Å². The van der Waals surface area contributed by atoms with Gasteiger partial charge in [-0.2, -0.15) is 0 Å². The molecule has 6 heteroatoms. The molecule has 2 rings (SSSR count). The fraction of sp³-hybridized carbons (Fsp3) is 0.667. The Kier molecular flexibility index (Phi) is 5.83. The summed E-state index contributed by atoms with van der Waals surface area (Å²) in [5, 5.41) is 0.0681. The van der Waals surface area contributed by atoms with Crippen LogP contribution < -0.4 is 0 Å². The van der Waals surface area contributed by atoms with E-state index in [0.29, 0.717) is 13.2 Å². The zero-order valence-corrected chi connectivity index (χ0v) is 16.5. The van der Waals surface area contributed by atoms with Crippen molar-refractivity contribution in [3.63, 3.8) is 0 Å². The monoisotopic (exact) mass is 351 g/mol. The Morgan fingerprint density at radius 2 is 2.12 bits per heavy atom. The smallest absolute Gasteiger partial charge is 0.314 e. The Morgan fingerprint density at radius 1 is 1.42 bits per heavy atom. The number of esters is 1. The standard InChI is InChI=1S/C18H29NO4Si/c1-7-21-17(20)15-14(23-24(5,6)18(2,3)4)12-22-16(15)13-9-8-10-19-11-13/h8-11,14-16H,7,12H2,1-6H3. The maximum absolute atomic E-state index is 12.6. The van der Waals surface area contributed by atoms with Crippen molar-refractivity contribution in [3.8, 4) is 0 Å². The van der Waals surface area contributed by atoms with E-state index in [4.69, 9.17) is 13.9 Å². The van der Waals surface area contributed by atoms with E-state index < -0.39 is 14.2 Å². The number of carbonyl (C=O) groups excluding carboxylic acids is 1. The molecule has 0 N–H and O–H groups in total. The highest BCUT2D eigenvalue weighted by Gasteiger charge is 2.49. The van der Waals surface area contributed by atoms with Crippen LogP contribution in [0.5, 0.6) is 0 Å². The molecule has 0 saturated carbocycles. The second-order valence-electron chi connectivity index (χ2n) is 7.73. The molecule has 1 aromatic heterocycles. The summed E-state index contributed by atoms with van der Waals surface area (Å²) in [5.74, 6) is -0.712. The summed E-state index contributed by atoms with van der Waals surface area (Å²) in [6.07, 6.45) is 2.80. The van der Waals surface area contributed by atoms with Crippen LogP contribution in [0.25, 0.3) is 0 Å². The molecule has 134 valence electrons. The van der Waals surface area contributed by atoms with Gasteiger partial charge in [-0.1, -0.05) is 26.8 Å². The van der Waals surface area contributed by atoms with Crippen molar-refractivity contribution in [2.75, 3.05) is 13.2 Å². The molecule has 1 aliphatic heterocycles. The Bertz CT molecular complexity index is 556. The summed E-state index contributed by atoms with van der Waals surface area (Å²) < 4.78 is 17.7. The summed E-state index contributed by atoms with van der Waals surface area (Å²) >= 11 is 0. The van der Waals surface area contributed by atoms with Crippen molar-refractivity contribution in [1.29, 1.82) is 0 Å². The van der Waals surface area contributed by atoms with Crippen molar-refractivity contribution in [2.24, 2.45) is 5.92 Å². The van der Waals surface area contributed by atoms with Gasteiger partial charge in [0.25, 0.3) is 0 Å². The highest BCUT2D eigenvalue weighted by Crippen LogP contribution is 2.43. The summed E-state index contributed by atoms with van der Waals surface area (Å²) in [6.45, 7) is 13.5. The van der Waals surface area contributed by atoms with Gasteiger partial charge in [0.15, 0.2) is 8.32 Å².